The Hall–Kier alpha value is -1.14. The Kier molecular flexibility index (Phi) is 11.9. The van der Waals surface area contributed by atoms with E-state index in [2.05, 4.69) is 24.3 Å². The molecule has 0 N–H and O–H groups in total. The summed E-state index contributed by atoms with van der Waals surface area (Å²) in [6.07, 6.45) is 4.10. The van der Waals surface area contributed by atoms with Crippen LogP contribution in [-0.2, 0) is 16.0 Å². The fourth-order valence-electron chi connectivity index (χ4n) is 3.32. The molecule has 0 saturated heterocycles. The van der Waals surface area contributed by atoms with Gasteiger partial charge in [0.2, 0.25) is 0 Å². The van der Waals surface area contributed by atoms with Gasteiger partial charge in [-0.05, 0) is 56.9 Å². The van der Waals surface area contributed by atoms with E-state index < -0.39 is 5.41 Å². The van der Waals surface area contributed by atoms with E-state index >= 15 is 0 Å². The summed E-state index contributed by atoms with van der Waals surface area (Å²) in [7, 11) is 4.71. The minimum Gasteiger partial charge on any atom is -0.493 e. The molecule has 0 bridgehead atoms. The van der Waals surface area contributed by atoms with E-state index in [-0.39, 0.29) is 40.8 Å². The molecule has 0 fully saturated rings. The standard InChI is InChI=1S/C24H32O4S.Na/c1-24(2,23(25)28-5)22(14-10-9-13-18-11-7-6-8-12-18)29-19-15-16-20(26-3)21(17-19)27-4;/h6-8,11-12,15-17,22H,9-10,13-14H2,1-5H3;. The molecule has 159 valence electrons. The molecule has 0 saturated carbocycles. The van der Waals surface area contributed by atoms with Crippen molar-refractivity contribution in [2.45, 2.75) is 49.7 Å². The molecule has 30 heavy (non-hydrogen) atoms. The monoisotopic (exact) mass is 439 g/mol. The summed E-state index contributed by atoms with van der Waals surface area (Å²) in [6, 6.07) is 16.4. The molecule has 1 radical (unpaired) electrons. The first-order valence-electron chi connectivity index (χ1n) is 9.93. The Bertz CT molecular complexity index is 780. The third kappa shape index (κ3) is 7.52. The van der Waals surface area contributed by atoms with Crippen LogP contribution in [0.25, 0.3) is 0 Å². The molecule has 0 amide bonds. The Morgan fingerprint density at radius 3 is 2.23 bits per heavy atom. The average molecular weight is 440 g/mol. The minimum atomic E-state index is -0.598. The van der Waals surface area contributed by atoms with Gasteiger partial charge < -0.3 is 14.2 Å². The number of ether oxygens (including phenoxy) is 3. The number of thioether (sulfide) groups is 1. The van der Waals surface area contributed by atoms with Crippen molar-refractivity contribution in [1.82, 2.24) is 0 Å². The first kappa shape index (κ1) is 26.9. The maximum Gasteiger partial charge on any atom is 0.312 e. The van der Waals surface area contributed by atoms with Crippen LogP contribution in [0, 0.1) is 5.41 Å². The van der Waals surface area contributed by atoms with Gasteiger partial charge in [0.05, 0.1) is 26.7 Å². The van der Waals surface area contributed by atoms with Crippen molar-refractivity contribution in [3.05, 3.63) is 54.1 Å². The molecular formula is C24H32NaO4S. The zero-order valence-corrected chi connectivity index (χ0v) is 21.9. The Morgan fingerprint density at radius 2 is 1.63 bits per heavy atom. The molecule has 6 heteroatoms. The molecular weight excluding hydrogens is 407 g/mol. The van der Waals surface area contributed by atoms with Crippen LogP contribution >= 0.6 is 11.8 Å². The topological polar surface area (TPSA) is 44.8 Å². The molecule has 0 aliphatic heterocycles. The van der Waals surface area contributed by atoms with Crippen molar-refractivity contribution in [1.29, 1.82) is 0 Å². The number of unbranched alkanes of at least 4 members (excludes halogenated alkanes) is 1. The van der Waals surface area contributed by atoms with Crippen LogP contribution in [0.3, 0.4) is 0 Å². The molecule has 0 aliphatic carbocycles. The SMILES string of the molecule is COC(=O)C(C)(C)C(CCCCc1ccccc1)Sc1ccc(OC)c(OC)c1.[Na]. The Labute approximate surface area is 207 Å². The van der Waals surface area contributed by atoms with E-state index in [1.54, 1.807) is 26.0 Å². The van der Waals surface area contributed by atoms with Gasteiger partial charge in [0.1, 0.15) is 0 Å². The fraction of sp³-hybridized carbons (Fsp3) is 0.458. The predicted octanol–water partition coefficient (Wildman–Crippen LogP) is 5.40. The van der Waals surface area contributed by atoms with Crippen LogP contribution in [0.15, 0.2) is 53.4 Å². The van der Waals surface area contributed by atoms with Gasteiger partial charge in [-0.3, -0.25) is 4.79 Å². The molecule has 1 atom stereocenters. The third-order valence-corrected chi connectivity index (χ3v) is 6.81. The Morgan fingerprint density at radius 1 is 0.967 bits per heavy atom. The zero-order valence-electron chi connectivity index (χ0n) is 19.1. The summed E-state index contributed by atoms with van der Waals surface area (Å²) in [5, 5.41) is 0.0869. The molecule has 4 nitrogen and oxygen atoms in total. The van der Waals surface area contributed by atoms with Crippen LogP contribution in [0.5, 0.6) is 11.5 Å². The molecule has 2 rings (SSSR count). The number of aryl methyl sites for hydroxylation is 1. The van der Waals surface area contributed by atoms with Gasteiger partial charge in [0.25, 0.3) is 0 Å². The van der Waals surface area contributed by atoms with E-state index in [1.807, 2.05) is 38.1 Å². The van der Waals surface area contributed by atoms with Crippen molar-refractivity contribution < 1.29 is 19.0 Å². The largest absolute Gasteiger partial charge is 0.493 e. The quantitative estimate of drug-likeness (QED) is 0.203. The van der Waals surface area contributed by atoms with Crippen LogP contribution in [0.2, 0.25) is 0 Å². The third-order valence-electron chi connectivity index (χ3n) is 5.17. The summed E-state index contributed by atoms with van der Waals surface area (Å²) in [4.78, 5) is 13.5. The summed E-state index contributed by atoms with van der Waals surface area (Å²) >= 11 is 1.70. The van der Waals surface area contributed by atoms with Crippen LogP contribution in [0.1, 0.15) is 38.7 Å². The second kappa shape index (κ2) is 13.3. The van der Waals surface area contributed by atoms with Gasteiger partial charge in [-0.25, -0.2) is 0 Å². The predicted molar refractivity (Wildman–Crippen MR) is 125 cm³/mol. The van der Waals surface area contributed by atoms with Crippen LogP contribution in [0.4, 0.5) is 0 Å². The van der Waals surface area contributed by atoms with Crippen LogP contribution in [-0.4, -0.2) is 62.1 Å². The van der Waals surface area contributed by atoms with Crippen molar-refractivity contribution in [2.75, 3.05) is 21.3 Å². The van der Waals surface area contributed by atoms with E-state index in [1.165, 1.54) is 12.7 Å². The second-order valence-corrected chi connectivity index (χ2v) is 8.84. The van der Waals surface area contributed by atoms with Crippen molar-refractivity contribution in [3.63, 3.8) is 0 Å². The first-order chi connectivity index (χ1) is 13.9. The minimum absolute atomic E-state index is 0. The van der Waals surface area contributed by atoms with E-state index in [0.29, 0.717) is 11.5 Å². The molecule has 2 aromatic rings. The second-order valence-electron chi connectivity index (χ2n) is 7.57. The molecule has 0 heterocycles. The van der Waals surface area contributed by atoms with Gasteiger partial charge in [-0.2, -0.15) is 0 Å². The maximum absolute atomic E-state index is 12.5. The molecule has 1 unspecified atom stereocenters. The fourth-order valence-corrected chi connectivity index (χ4v) is 4.64. The zero-order chi connectivity index (χ0) is 21.3. The van der Waals surface area contributed by atoms with Gasteiger partial charge in [0, 0.05) is 39.7 Å². The van der Waals surface area contributed by atoms with Gasteiger partial charge in [-0.15, -0.1) is 11.8 Å². The maximum atomic E-state index is 12.5. The number of carbonyl (C=O) groups excluding carboxylic acids is 1. The number of rotatable bonds is 11. The Balaban J connectivity index is 0.00000450. The van der Waals surface area contributed by atoms with Crippen molar-refractivity contribution >= 4 is 47.3 Å². The number of esters is 1. The van der Waals surface area contributed by atoms with E-state index in [4.69, 9.17) is 14.2 Å². The van der Waals surface area contributed by atoms with Gasteiger partial charge in [-0.1, -0.05) is 36.8 Å². The van der Waals surface area contributed by atoms with Crippen molar-refractivity contribution in [3.8, 4) is 11.5 Å². The smallest absolute Gasteiger partial charge is 0.312 e. The van der Waals surface area contributed by atoms with Gasteiger partial charge >= 0.3 is 5.97 Å². The first-order valence-corrected chi connectivity index (χ1v) is 10.8. The number of benzene rings is 2. The number of hydrogen-bond donors (Lipinski definition) is 0. The number of hydrogen-bond acceptors (Lipinski definition) is 5. The van der Waals surface area contributed by atoms with Gasteiger partial charge in [0.15, 0.2) is 11.5 Å². The molecule has 0 aromatic heterocycles. The normalized spacial score (nSPS) is 11.9. The van der Waals surface area contributed by atoms with E-state index in [9.17, 15) is 4.79 Å². The number of methoxy groups -OCH3 is 3. The molecule has 0 aliphatic rings. The molecule has 0 spiro atoms. The van der Waals surface area contributed by atoms with Crippen molar-refractivity contribution in [2.24, 2.45) is 5.41 Å². The van der Waals surface area contributed by atoms with Crippen LogP contribution < -0.4 is 9.47 Å². The summed E-state index contributed by atoms with van der Waals surface area (Å²) in [5.74, 6) is 1.21. The summed E-state index contributed by atoms with van der Waals surface area (Å²) in [5.41, 5.74) is 0.753. The molecule has 2 aromatic carbocycles. The summed E-state index contributed by atoms with van der Waals surface area (Å²) in [6.45, 7) is 3.93. The average Bonchev–Trinajstić information content (AvgIpc) is 2.75. The number of carbonyl (C=O) groups is 1. The summed E-state index contributed by atoms with van der Waals surface area (Å²) < 4.78 is 15.9. The van der Waals surface area contributed by atoms with E-state index in [0.717, 1.165) is 30.6 Å².